The van der Waals surface area contributed by atoms with Gasteiger partial charge in [-0.2, -0.15) is 5.26 Å². The van der Waals surface area contributed by atoms with Crippen molar-refractivity contribution >= 4 is 33.2 Å². The SMILES string of the molecule is CCOC(=O)c1cc(C)nc2sc(C#N)c(N)c12. The van der Waals surface area contributed by atoms with Crippen LogP contribution in [-0.2, 0) is 4.74 Å². The third-order valence-electron chi connectivity index (χ3n) is 2.42. The van der Waals surface area contributed by atoms with Crippen LogP contribution >= 0.6 is 11.3 Å². The molecule has 0 radical (unpaired) electrons. The lowest BCUT2D eigenvalue weighted by atomic mass is 10.1. The minimum Gasteiger partial charge on any atom is -0.462 e. The number of nitrogens with two attached hydrogens (primary N) is 1. The van der Waals surface area contributed by atoms with E-state index >= 15 is 0 Å². The van der Waals surface area contributed by atoms with Crippen molar-refractivity contribution in [2.24, 2.45) is 0 Å². The van der Waals surface area contributed by atoms with Gasteiger partial charge in [-0.1, -0.05) is 0 Å². The number of aromatic nitrogens is 1. The third-order valence-corrected chi connectivity index (χ3v) is 3.43. The molecule has 2 heterocycles. The molecule has 0 fully saturated rings. The number of nitrogens with zero attached hydrogens (tertiary/aromatic N) is 2. The summed E-state index contributed by atoms with van der Waals surface area (Å²) in [5.41, 5.74) is 7.23. The van der Waals surface area contributed by atoms with E-state index in [0.717, 1.165) is 0 Å². The third kappa shape index (κ3) is 1.89. The summed E-state index contributed by atoms with van der Waals surface area (Å²) in [6.07, 6.45) is 0. The minimum atomic E-state index is -0.443. The monoisotopic (exact) mass is 261 g/mol. The molecule has 0 aliphatic heterocycles. The number of aryl methyl sites for hydroxylation is 1. The average molecular weight is 261 g/mol. The summed E-state index contributed by atoms with van der Waals surface area (Å²) in [5.74, 6) is -0.443. The number of fused-ring (bicyclic) bond motifs is 1. The topological polar surface area (TPSA) is 89.0 Å². The van der Waals surface area contributed by atoms with Gasteiger partial charge in [0.1, 0.15) is 15.8 Å². The number of nitriles is 1. The number of thiophene rings is 1. The summed E-state index contributed by atoms with van der Waals surface area (Å²) in [4.78, 5) is 17.1. The molecular formula is C12H11N3O2S. The molecule has 5 nitrogen and oxygen atoms in total. The highest BCUT2D eigenvalue weighted by atomic mass is 32.1. The molecule has 2 N–H and O–H groups in total. The van der Waals surface area contributed by atoms with Gasteiger partial charge in [0.15, 0.2) is 0 Å². The second kappa shape index (κ2) is 4.63. The first-order chi connectivity index (χ1) is 8.58. The number of esters is 1. The van der Waals surface area contributed by atoms with Crippen molar-refractivity contribution in [2.75, 3.05) is 12.3 Å². The number of ether oxygens (including phenoxy) is 1. The molecule has 0 atom stereocenters. The molecule has 6 heteroatoms. The first-order valence-corrected chi connectivity index (χ1v) is 6.17. The molecule has 0 aromatic carbocycles. The van der Waals surface area contributed by atoms with Crippen molar-refractivity contribution in [3.8, 4) is 6.07 Å². The van der Waals surface area contributed by atoms with Gasteiger partial charge in [0.05, 0.1) is 23.2 Å². The summed E-state index contributed by atoms with van der Waals surface area (Å²) in [6, 6.07) is 3.63. The van der Waals surface area contributed by atoms with Gasteiger partial charge in [-0.15, -0.1) is 11.3 Å². The van der Waals surface area contributed by atoms with Gasteiger partial charge in [-0.05, 0) is 19.9 Å². The van der Waals surface area contributed by atoms with E-state index < -0.39 is 5.97 Å². The number of hydrogen-bond acceptors (Lipinski definition) is 6. The van der Waals surface area contributed by atoms with E-state index in [2.05, 4.69) is 4.98 Å². The number of hydrogen-bond donors (Lipinski definition) is 1. The van der Waals surface area contributed by atoms with Crippen LogP contribution in [0, 0.1) is 18.3 Å². The lowest BCUT2D eigenvalue weighted by Crippen LogP contribution is -2.06. The fraction of sp³-hybridized carbons (Fsp3) is 0.250. The van der Waals surface area contributed by atoms with Crippen LogP contribution in [0.2, 0.25) is 0 Å². The van der Waals surface area contributed by atoms with Gasteiger partial charge in [0.25, 0.3) is 0 Å². The zero-order valence-electron chi connectivity index (χ0n) is 9.98. The van der Waals surface area contributed by atoms with Crippen LogP contribution in [0.4, 0.5) is 5.69 Å². The zero-order valence-corrected chi connectivity index (χ0v) is 10.8. The van der Waals surface area contributed by atoms with E-state index in [0.29, 0.717) is 32.0 Å². The Morgan fingerprint density at radius 3 is 3.00 bits per heavy atom. The Hall–Kier alpha value is -2.13. The molecule has 2 aromatic heterocycles. The molecule has 0 bridgehead atoms. The Bertz CT molecular complexity index is 670. The summed E-state index contributed by atoms with van der Waals surface area (Å²) < 4.78 is 4.99. The number of rotatable bonds is 2. The quantitative estimate of drug-likeness (QED) is 0.837. The molecule has 0 amide bonds. The second-order valence-electron chi connectivity index (χ2n) is 3.67. The molecule has 2 aromatic rings. The maximum absolute atomic E-state index is 11.9. The van der Waals surface area contributed by atoms with E-state index in [4.69, 9.17) is 15.7 Å². The molecule has 0 unspecified atom stereocenters. The van der Waals surface area contributed by atoms with Crippen molar-refractivity contribution in [3.63, 3.8) is 0 Å². The lowest BCUT2D eigenvalue weighted by Gasteiger charge is -2.05. The van der Waals surface area contributed by atoms with Crippen LogP contribution < -0.4 is 5.73 Å². The average Bonchev–Trinajstić information content (AvgIpc) is 2.65. The highest BCUT2D eigenvalue weighted by molar-refractivity contribution is 7.19. The summed E-state index contributed by atoms with van der Waals surface area (Å²) >= 11 is 1.18. The second-order valence-corrected chi connectivity index (χ2v) is 4.67. The smallest absolute Gasteiger partial charge is 0.338 e. The van der Waals surface area contributed by atoms with Crippen molar-refractivity contribution in [3.05, 3.63) is 22.2 Å². The summed E-state index contributed by atoms with van der Waals surface area (Å²) in [7, 11) is 0. The van der Waals surface area contributed by atoms with Crippen molar-refractivity contribution in [1.82, 2.24) is 4.98 Å². The highest BCUT2D eigenvalue weighted by Gasteiger charge is 2.19. The van der Waals surface area contributed by atoms with Gasteiger partial charge in [-0.3, -0.25) is 0 Å². The van der Waals surface area contributed by atoms with Crippen LogP contribution in [0.3, 0.4) is 0 Å². The van der Waals surface area contributed by atoms with Gasteiger partial charge < -0.3 is 10.5 Å². The van der Waals surface area contributed by atoms with E-state index in [1.165, 1.54) is 11.3 Å². The number of carbonyl (C=O) groups is 1. The van der Waals surface area contributed by atoms with Crippen LogP contribution in [0.25, 0.3) is 10.2 Å². The number of nitrogen functional groups attached to an aromatic ring is 1. The van der Waals surface area contributed by atoms with E-state index in [1.807, 2.05) is 6.07 Å². The van der Waals surface area contributed by atoms with Crippen LogP contribution in [0.1, 0.15) is 27.9 Å². The van der Waals surface area contributed by atoms with E-state index in [9.17, 15) is 4.79 Å². The molecule has 92 valence electrons. The Morgan fingerprint density at radius 2 is 2.39 bits per heavy atom. The Labute approximate surface area is 108 Å². The van der Waals surface area contributed by atoms with E-state index in [1.54, 1.807) is 19.9 Å². The maximum Gasteiger partial charge on any atom is 0.338 e. The van der Waals surface area contributed by atoms with Crippen molar-refractivity contribution in [1.29, 1.82) is 5.26 Å². The van der Waals surface area contributed by atoms with Gasteiger partial charge in [0.2, 0.25) is 0 Å². The number of anilines is 1. The van der Waals surface area contributed by atoms with Crippen LogP contribution in [0.15, 0.2) is 6.07 Å². The molecule has 0 spiro atoms. The van der Waals surface area contributed by atoms with Crippen LogP contribution in [-0.4, -0.2) is 17.6 Å². The molecule has 0 saturated carbocycles. The predicted molar refractivity (Wildman–Crippen MR) is 69.4 cm³/mol. The number of pyridine rings is 1. The number of carbonyl (C=O) groups excluding carboxylic acids is 1. The highest BCUT2D eigenvalue weighted by Crippen LogP contribution is 2.34. The lowest BCUT2D eigenvalue weighted by molar-refractivity contribution is 0.0528. The zero-order chi connectivity index (χ0) is 13.3. The molecule has 0 saturated heterocycles. The van der Waals surface area contributed by atoms with Gasteiger partial charge >= 0.3 is 5.97 Å². The fourth-order valence-corrected chi connectivity index (χ4v) is 2.66. The minimum absolute atomic E-state index is 0.289. The Balaban J connectivity index is 2.76. The summed E-state index contributed by atoms with van der Waals surface area (Å²) in [5, 5.41) is 9.47. The Kier molecular flexibility index (Phi) is 3.17. The largest absolute Gasteiger partial charge is 0.462 e. The molecule has 18 heavy (non-hydrogen) atoms. The normalized spacial score (nSPS) is 10.3. The standard InChI is InChI=1S/C12H11N3O2S/c1-3-17-12(16)7-4-6(2)15-11-9(7)10(14)8(5-13)18-11/h4H,3,14H2,1-2H3. The molecule has 0 aliphatic carbocycles. The molecule has 0 aliphatic rings. The first kappa shape index (κ1) is 12.3. The predicted octanol–water partition coefficient (Wildman–Crippen LogP) is 2.24. The molecule has 2 rings (SSSR count). The van der Waals surface area contributed by atoms with Crippen LogP contribution in [0.5, 0.6) is 0 Å². The first-order valence-electron chi connectivity index (χ1n) is 5.35. The van der Waals surface area contributed by atoms with Gasteiger partial charge in [-0.25, -0.2) is 9.78 Å². The maximum atomic E-state index is 11.9. The Morgan fingerprint density at radius 1 is 1.67 bits per heavy atom. The fourth-order valence-electron chi connectivity index (χ4n) is 1.70. The van der Waals surface area contributed by atoms with Crippen molar-refractivity contribution in [2.45, 2.75) is 13.8 Å². The van der Waals surface area contributed by atoms with E-state index in [-0.39, 0.29) is 6.61 Å². The van der Waals surface area contributed by atoms with Gasteiger partial charge in [0, 0.05) is 5.69 Å². The molecular weight excluding hydrogens is 250 g/mol. The summed E-state index contributed by atoms with van der Waals surface area (Å²) in [6.45, 7) is 3.81. The van der Waals surface area contributed by atoms with Crippen molar-refractivity contribution < 1.29 is 9.53 Å².